The molecule has 0 aromatic heterocycles. The number of ether oxygens (including phenoxy) is 2. The van der Waals surface area contributed by atoms with Gasteiger partial charge in [-0.25, -0.2) is 0 Å². The summed E-state index contributed by atoms with van der Waals surface area (Å²) in [4.78, 5) is 11.8. The maximum Gasteiger partial charge on any atom is 0.224 e. The fraction of sp³-hybridized carbons (Fsp3) is 0.533. The minimum atomic E-state index is 0.0585. The van der Waals surface area contributed by atoms with Gasteiger partial charge in [-0.2, -0.15) is 0 Å². The third-order valence-electron chi connectivity index (χ3n) is 3.34. The van der Waals surface area contributed by atoms with Crippen LogP contribution in [0.15, 0.2) is 24.3 Å². The van der Waals surface area contributed by atoms with Crippen LogP contribution in [0.1, 0.15) is 24.8 Å². The number of hydrogen-bond donors (Lipinski definition) is 1. The van der Waals surface area contributed by atoms with Crippen molar-refractivity contribution in [2.45, 2.75) is 31.8 Å². The van der Waals surface area contributed by atoms with E-state index in [-0.39, 0.29) is 5.91 Å². The molecule has 0 bridgehead atoms. The molecule has 1 saturated heterocycles. The molecule has 1 aliphatic heterocycles. The van der Waals surface area contributed by atoms with Gasteiger partial charge in [-0.05, 0) is 37.0 Å². The van der Waals surface area contributed by atoms with Crippen molar-refractivity contribution in [3.05, 3.63) is 29.8 Å². The number of hydrogen-bond acceptors (Lipinski definition) is 3. The topological polar surface area (TPSA) is 47.6 Å². The van der Waals surface area contributed by atoms with E-state index in [1.54, 1.807) is 7.11 Å². The van der Waals surface area contributed by atoms with Crippen molar-refractivity contribution < 1.29 is 14.3 Å². The van der Waals surface area contributed by atoms with E-state index in [0.29, 0.717) is 19.1 Å². The first-order chi connectivity index (χ1) is 9.28. The van der Waals surface area contributed by atoms with Gasteiger partial charge in [0.2, 0.25) is 5.91 Å². The number of carbonyl (C=O) groups excluding carboxylic acids is 1. The number of rotatable bonds is 6. The van der Waals surface area contributed by atoms with Gasteiger partial charge in [0.05, 0.1) is 19.6 Å². The molecule has 1 fully saturated rings. The molecular formula is C15H21NO3. The van der Waals surface area contributed by atoms with E-state index in [0.717, 1.165) is 37.2 Å². The van der Waals surface area contributed by atoms with Crippen molar-refractivity contribution in [1.29, 1.82) is 0 Å². The smallest absolute Gasteiger partial charge is 0.224 e. The van der Waals surface area contributed by atoms with Crippen molar-refractivity contribution in [2.75, 3.05) is 20.3 Å². The zero-order valence-electron chi connectivity index (χ0n) is 11.4. The maximum absolute atomic E-state index is 11.8. The Balaban J connectivity index is 1.68. The summed E-state index contributed by atoms with van der Waals surface area (Å²) in [5, 5.41) is 2.94. The van der Waals surface area contributed by atoms with Crippen molar-refractivity contribution in [3.8, 4) is 5.75 Å². The lowest BCUT2D eigenvalue weighted by atomic mass is 10.1. The monoisotopic (exact) mass is 263 g/mol. The fourth-order valence-corrected chi connectivity index (χ4v) is 2.24. The van der Waals surface area contributed by atoms with Crippen LogP contribution in [-0.2, 0) is 16.0 Å². The van der Waals surface area contributed by atoms with Crippen LogP contribution in [-0.4, -0.2) is 32.3 Å². The number of nitrogens with one attached hydrogen (secondary N) is 1. The first kappa shape index (κ1) is 13.9. The zero-order chi connectivity index (χ0) is 13.5. The molecule has 1 aromatic carbocycles. The molecule has 1 aromatic rings. The maximum atomic E-state index is 11.8. The molecule has 0 radical (unpaired) electrons. The molecule has 2 rings (SSSR count). The third-order valence-corrected chi connectivity index (χ3v) is 3.34. The Labute approximate surface area is 114 Å². The summed E-state index contributed by atoms with van der Waals surface area (Å²) >= 11 is 0. The lowest BCUT2D eigenvalue weighted by molar-refractivity contribution is -0.120. The van der Waals surface area contributed by atoms with Gasteiger partial charge in [0.25, 0.3) is 0 Å². The van der Waals surface area contributed by atoms with Gasteiger partial charge in [-0.15, -0.1) is 0 Å². The summed E-state index contributed by atoms with van der Waals surface area (Å²) in [6.07, 6.45) is 3.92. The number of benzene rings is 1. The SMILES string of the molecule is COc1ccc(CC(=O)NCCC2CCCO2)cc1. The van der Waals surface area contributed by atoms with Crippen molar-refractivity contribution >= 4 is 5.91 Å². The van der Waals surface area contributed by atoms with E-state index in [4.69, 9.17) is 9.47 Å². The molecule has 104 valence electrons. The highest BCUT2D eigenvalue weighted by molar-refractivity contribution is 5.78. The van der Waals surface area contributed by atoms with Crippen LogP contribution in [0.5, 0.6) is 5.75 Å². The van der Waals surface area contributed by atoms with Gasteiger partial charge in [-0.1, -0.05) is 12.1 Å². The van der Waals surface area contributed by atoms with E-state index in [9.17, 15) is 4.79 Å². The second-order valence-corrected chi connectivity index (χ2v) is 4.80. The molecule has 1 N–H and O–H groups in total. The molecule has 0 saturated carbocycles. The minimum Gasteiger partial charge on any atom is -0.497 e. The standard InChI is InChI=1S/C15H21NO3/c1-18-13-6-4-12(5-7-13)11-15(17)16-9-8-14-3-2-10-19-14/h4-7,14H,2-3,8-11H2,1H3,(H,16,17). The molecule has 0 aliphatic carbocycles. The number of methoxy groups -OCH3 is 1. The van der Waals surface area contributed by atoms with Gasteiger partial charge in [0.15, 0.2) is 0 Å². The Morgan fingerprint density at radius 1 is 1.42 bits per heavy atom. The first-order valence-corrected chi connectivity index (χ1v) is 6.79. The van der Waals surface area contributed by atoms with Crippen LogP contribution in [0, 0.1) is 0 Å². The second-order valence-electron chi connectivity index (χ2n) is 4.80. The van der Waals surface area contributed by atoms with E-state index < -0.39 is 0 Å². The first-order valence-electron chi connectivity index (χ1n) is 6.79. The largest absolute Gasteiger partial charge is 0.497 e. The highest BCUT2D eigenvalue weighted by atomic mass is 16.5. The summed E-state index contributed by atoms with van der Waals surface area (Å²) in [6, 6.07) is 7.57. The van der Waals surface area contributed by atoms with Crippen LogP contribution in [0.4, 0.5) is 0 Å². The lowest BCUT2D eigenvalue weighted by Crippen LogP contribution is -2.28. The number of amides is 1. The van der Waals surface area contributed by atoms with E-state index in [1.165, 1.54) is 0 Å². The van der Waals surface area contributed by atoms with Crippen LogP contribution in [0.2, 0.25) is 0 Å². The average molecular weight is 263 g/mol. The van der Waals surface area contributed by atoms with Crippen LogP contribution >= 0.6 is 0 Å². The molecule has 1 heterocycles. The lowest BCUT2D eigenvalue weighted by Gasteiger charge is -2.10. The van der Waals surface area contributed by atoms with Crippen LogP contribution in [0.25, 0.3) is 0 Å². The molecule has 1 aliphatic rings. The van der Waals surface area contributed by atoms with Crippen LogP contribution in [0.3, 0.4) is 0 Å². The molecule has 0 spiro atoms. The van der Waals surface area contributed by atoms with Gasteiger partial charge >= 0.3 is 0 Å². The zero-order valence-corrected chi connectivity index (χ0v) is 11.4. The summed E-state index contributed by atoms with van der Waals surface area (Å²) in [5.74, 6) is 0.866. The van der Waals surface area contributed by atoms with E-state index >= 15 is 0 Å². The summed E-state index contributed by atoms with van der Waals surface area (Å²) in [6.45, 7) is 1.56. The van der Waals surface area contributed by atoms with E-state index in [1.807, 2.05) is 24.3 Å². The molecule has 4 nitrogen and oxygen atoms in total. The Morgan fingerprint density at radius 2 is 2.21 bits per heavy atom. The Morgan fingerprint density at radius 3 is 2.84 bits per heavy atom. The molecular weight excluding hydrogens is 242 g/mol. The van der Waals surface area contributed by atoms with Gasteiger partial charge in [-0.3, -0.25) is 4.79 Å². The van der Waals surface area contributed by atoms with Gasteiger partial charge in [0.1, 0.15) is 5.75 Å². The Kier molecular flexibility index (Phi) is 5.21. The van der Waals surface area contributed by atoms with Gasteiger partial charge in [0, 0.05) is 13.2 Å². The average Bonchev–Trinajstić information content (AvgIpc) is 2.93. The summed E-state index contributed by atoms with van der Waals surface area (Å²) in [7, 11) is 1.63. The Hall–Kier alpha value is -1.55. The molecule has 4 heteroatoms. The highest BCUT2D eigenvalue weighted by Gasteiger charge is 2.15. The predicted octanol–water partition coefficient (Wildman–Crippen LogP) is 1.92. The predicted molar refractivity (Wildman–Crippen MR) is 73.3 cm³/mol. The summed E-state index contributed by atoms with van der Waals surface area (Å²) in [5.41, 5.74) is 0.996. The van der Waals surface area contributed by atoms with Crippen molar-refractivity contribution in [3.63, 3.8) is 0 Å². The number of carbonyl (C=O) groups is 1. The molecule has 19 heavy (non-hydrogen) atoms. The third kappa shape index (κ3) is 4.56. The quantitative estimate of drug-likeness (QED) is 0.853. The molecule has 1 amide bonds. The minimum absolute atomic E-state index is 0.0585. The van der Waals surface area contributed by atoms with Gasteiger partial charge < -0.3 is 14.8 Å². The molecule has 1 atom stereocenters. The second kappa shape index (κ2) is 7.14. The molecule has 1 unspecified atom stereocenters. The van der Waals surface area contributed by atoms with Crippen LogP contribution < -0.4 is 10.1 Å². The Bertz CT molecular complexity index is 396. The van der Waals surface area contributed by atoms with E-state index in [2.05, 4.69) is 5.32 Å². The normalized spacial score (nSPS) is 18.3. The highest BCUT2D eigenvalue weighted by Crippen LogP contribution is 2.14. The fourth-order valence-electron chi connectivity index (χ4n) is 2.24. The van der Waals surface area contributed by atoms with Crippen molar-refractivity contribution in [1.82, 2.24) is 5.32 Å². The van der Waals surface area contributed by atoms with Crippen molar-refractivity contribution in [2.24, 2.45) is 0 Å². The summed E-state index contributed by atoms with van der Waals surface area (Å²) < 4.78 is 10.6.